The normalized spacial score (nSPS) is 31.1. The van der Waals surface area contributed by atoms with Gasteiger partial charge in [-0.1, -0.05) is 91.4 Å². The molecule has 0 N–H and O–H groups in total. The van der Waals surface area contributed by atoms with Crippen LogP contribution in [0.2, 0.25) is 0 Å². The third kappa shape index (κ3) is 5.64. The first-order valence-corrected chi connectivity index (χ1v) is 13.3. The number of benzene rings is 2. The zero-order valence-corrected chi connectivity index (χ0v) is 19.6. The summed E-state index contributed by atoms with van der Waals surface area (Å²) in [6.07, 6.45) is 23.8. The summed E-state index contributed by atoms with van der Waals surface area (Å²) in [5, 5.41) is 0. The lowest BCUT2D eigenvalue weighted by atomic mass is 9.88. The largest absolute Gasteiger partial charge is 0.0851 e. The molecule has 0 saturated heterocycles. The zero-order chi connectivity index (χ0) is 21.6. The Bertz CT molecular complexity index is 877. The van der Waals surface area contributed by atoms with Crippen LogP contribution in [-0.2, 0) is 12.8 Å². The first-order valence-electron chi connectivity index (χ1n) is 13.3. The van der Waals surface area contributed by atoms with Crippen molar-refractivity contribution in [2.75, 3.05) is 0 Å². The van der Waals surface area contributed by atoms with Gasteiger partial charge in [-0.15, -0.1) is 0 Å². The van der Waals surface area contributed by atoms with Crippen LogP contribution in [0.15, 0.2) is 85.0 Å². The van der Waals surface area contributed by atoms with E-state index >= 15 is 0 Å². The molecule has 2 fully saturated rings. The van der Waals surface area contributed by atoms with Crippen molar-refractivity contribution < 1.29 is 0 Å². The van der Waals surface area contributed by atoms with Crippen molar-refractivity contribution in [2.45, 2.75) is 64.2 Å². The van der Waals surface area contributed by atoms with Gasteiger partial charge in [-0.2, -0.15) is 0 Å². The Morgan fingerprint density at radius 1 is 0.500 bits per heavy atom. The van der Waals surface area contributed by atoms with Gasteiger partial charge < -0.3 is 0 Å². The van der Waals surface area contributed by atoms with Gasteiger partial charge in [0.2, 0.25) is 0 Å². The second-order valence-electron chi connectivity index (χ2n) is 10.8. The maximum Gasteiger partial charge on any atom is -0.0199 e. The van der Waals surface area contributed by atoms with Crippen molar-refractivity contribution in [3.63, 3.8) is 0 Å². The number of allylic oxidation sites excluding steroid dienone is 4. The monoisotopic (exact) mass is 424 g/mol. The summed E-state index contributed by atoms with van der Waals surface area (Å²) in [4.78, 5) is 0. The van der Waals surface area contributed by atoms with Crippen molar-refractivity contribution >= 4 is 0 Å². The summed E-state index contributed by atoms with van der Waals surface area (Å²) in [5.74, 6) is 5.71. The van der Waals surface area contributed by atoms with Crippen LogP contribution < -0.4 is 0 Å². The van der Waals surface area contributed by atoms with E-state index in [-0.39, 0.29) is 0 Å². The molecule has 0 aromatic heterocycles. The van der Waals surface area contributed by atoms with Gasteiger partial charge in [0.25, 0.3) is 0 Å². The molecule has 0 heteroatoms. The zero-order valence-electron chi connectivity index (χ0n) is 19.6. The minimum absolute atomic E-state index is 0.915. The lowest BCUT2D eigenvalue weighted by molar-refractivity contribution is 0.398. The van der Waals surface area contributed by atoms with E-state index in [2.05, 4.69) is 85.0 Å². The van der Waals surface area contributed by atoms with Crippen LogP contribution in [0.1, 0.15) is 62.5 Å². The van der Waals surface area contributed by atoms with Crippen LogP contribution in [0, 0.1) is 35.5 Å². The standard InChI is InChI=1S/C17H22.C15H18/c1-2-6-14(7-3-1)8-4-5-9-16-12-15-10-11-17(16)13-15;1-2-4-12(5-3-1)6-8-14-10-13-7-9-15(14)11-13/h1-3,6-7,10-11,15-17H,4-5,8-9,12-13H2;1-5,7,9,13-15H,6,8,10-11H2. The first kappa shape index (κ1) is 21.7. The van der Waals surface area contributed by atoms with Gasteiger partial charge in [0.05, 0.1) is 0 Å². The van der Waals surface area contributed by atoms with Gasteiger partial charge >= 0.3 is 0 Å². The Balaban J connectivity index is 0.000000136. The summed E-state index contributed by atoms with van der Waals surface area (Å²) in [6.45, 7) is 0. The van der Waals surface area contributed by atoms with Crippen molar-refractivity contribution in [3.8, 4) is 0 Å². The van der Waals surface area contributed by atoms with E-state index in [1.807, 2.05) is 0 Å². The van der Waals surface area contributed by atoms with Gasteiger partial charge in [-0.3, -0.25) is 0 Å². The summed E-state index contributed by atoms with van der Waals surface area (Å²) >= 11 is 0. The molecule has 0 amide bonds. The molecule has 4 aliphatic carbocycles. The van der Waals surface area contributed by atoms with E-state index in [9.17, 15) is 0 Å². The highest BCUT2D eigenvalue weighted by molar-refractivity contribution is 5.16. The van der Waals surface area contributed by atoms with Gasteiger partial charge in [0.1, 0.15) is 0 Å². The molecule has 2 aromatic carbocycles. The molecule has 6 rings (SSSR count). The van der Waals surface area contributed by atoms with Crippen LogP contribution >= 0.6 is 0 Å². The predicted molar refractivity (Wildman–Crippen MR) is 136 cm³/mol. The lowest BCUT2D eigenvalue weighted by Gasteiger charge is -2.17. The van der Waals surface area contributed by atoms with Crippen molar-refractivity contribution in [1.29, 1.82) is 0 Å². The Hall–Kier alpha value is -2.08. The average Bonchev–Trinajstić information content (AvgIpc) is 3.65. The molecular weight excluding hydrogens is 384 g/mol. The molecule has 0 nitrogen and oxygen atoms in total. The number of hydrogen-bond donors (Lipinski definition) is 0. The molecule has 0 heterocycles. The summed E-state index contributed by atoms with van der Waals surface area (Å²) in [7, 11) is 0. The van der Waals surface area contributed by atoms with Crippen molar-refractivity contribution in [1.82, 2.24) is 0 Å². The van der Waals surface area contributed by atoms with Gasteiger partial charge in [-0.25, -0.2) is 0 Å². The third-order valence-electron chi connectivity index (χ3n) is 8.61. The van der Waals surface area contributed by atoms with Gasteiger partial charge in [0.15, 0.2) is 0 Å². The van der Waals surface area contributed by atoms with Crippen molar-refractivity contribution in [2.24, 2.45) is 35.5 Å². The van der Waals surface area contributed by atoms with Crippen LogP contribution in [0.25, 0.3) is 0 Å². The summed E-state index contributed by atoms with van der Waals surface area (Å²) in [6, 6.07) is 21.8. The van der Waals surface area contributed by atoms with E-state index in [0.29, 0.717) is 0 Å². The SMILES string of the molecule is C1=CC2CC1CC2CCCCc1ccccc1.C1=CC2CC1CC2CCc1ccccc1. The fourth-order valence-corrected chi connectivity index (χ4v) is 6.83. The summed E-state index contributed by atoms with van der Waals surface area (Å²) < 4.78 is 0. The summed E-state index contributed by atoms with van der Waals surface area (Å²) in [5.41, 5.74) is 3.00. The van der Waals surface area contributed by atoms with E-state index in [0.717, 1.165) is 35.5 Å². The Labute approximate surface area is 195 Å². The van der Waals surface area contributed by atoms with Crippen LogP contribution in [0.5, 0.6) is 0 Å². The molecule has 4 aliphatic rings. The molecule has 6 atom stereocenters. The first-order chi connectivity index (χ1) is 15.8. The molecule has 0 radical (unpaired) electrons. The Kier molecular flexibility index (Phi) is 7.27. The molecule has 4 bridgehead atoms. The minimum Gasteiger partial charge on any atom is -0.0851 e. The number of unbranched alkanes of at least 4 members (excludes halogenated alkanes) is 1. The molecule has 32 heavy (non-hydrogen) atoms. The highest BCUT2D eigenvalue weighted by atomic mass is 14.4. The van der Waals surface area contributed by atoms with Crippen molar-refractivity contribution in [3.05, 3.63) is 96.1 Å². The maximum atomic E-state index is 2.48. The Morgan fingerprint density at radius 2 is 1.03 bits per heavy atom. The molecule has 168 valence electrons. The molecule has 0 aliphatic heterocycles. The fraction of sp³-hybridized carbons (Fsp3) is 0.500. The third-order valence-corrected chi connectivity index (χ3v) is 8.61. The molecular formula is C32H40. The molecule has 0 spiro atoms. The average molecular weight is 425 g/mol. The molecule has 6 unspecified atom stereocenters. The highest BCUT2D eigenvalue weighted by Gasteiger charge is 2.35. The number of rotatable bonds is 8. The number of fused-ring (bicyclic) bond motifs is 4. The van der Waals surface area contributed by atoms with Crippen LogP contribution in [0.4, 0.5) is 0 Å². The number of hydrogen-bond acceptors (Lipinski definition) is 0. The van der Waals surface area contributed by atoms with Crippen LogP contribution in [-0.4, -0.2) is 0 Å². The minimum atomic E-state index is 0.915. The van der Waals surface area contributed by atoms with E-state index in [4.69, 9.17) is 0 Å². The maximum absolute atomic E-state index is 2.48. The van der Waals surface area contributed by atoms with Gasteiger partial charge in [0, 0.05) is 0 Å². The lowest BCUT2D eigenvalue weighted by Crippen LogP contribution is -2.07. The highest BCUT2D eigenvalue weighted by Crippen LogP contribution is 2.46. The smallest absolute Gasteiger partial charge is 0.0199 e. The van der Waals surface area contributed by atoms with E-state index < -0.39 is 0 Å². The topological polar surface area (TPSA) is 0 Å². The predicted octanol–water partition coefficient (Wildman–Crippen LogP) is 8.44. The molecule has 2 aromatic rings. The fourth-order valence-electron chi connectivity index (χ4n) is 6.83. The second-order valence-corrected chi connectivity index (χ2v) is 10.8. The van der Waals surface area contributed by atoms with E-state index in [1.165, 1.54) is 75.3 Å². The van der Waals surface area contributed by atoms with E-state index in [1.54, 1.807) is 0 Å². The number of aryl methyl sites for hydroxylation is 2. The molecule has 2 saturated carbocycles. The Morgan fingerprint density at radius 3 is 1.53 bits per heavy atom. The van der Waals surface area contributed by atoms with Crippen LogP contribution in [0.3, 0.4) is 0 Å². The quantitative estimate of drug-likeness (QED) is 0.294. The van der Waals surface area contributed by atoms with Gasteiger partial charge in [-0.05, 0) is 104 Å². The second kappa shape index (κ2) is 10.7.